The molecule has 150 valence electrons. The van der Waals surface area contributed by atoms with Crippen molar-refractivity contribution in [1.82, 2.24) is 10.6 Å². The third kappa shape index (κ3) is 6.20. The number of carbonyl (C=O) groups excluding carboxylic acids is 2. The number of carbonyl (C=O) groups is 2. The maximum Gasteiger partial charge on any atom is 0.257 e. The van der Waals surface area contributed by atoms with Crippen molar-refractivity contribution in [3.8, 4) is 0 Å². The molecule has 0 saturated heterocycles. The topological polar surface area (TPSA) is 82.3 Å². The van der Waals surface area contributed by atoms with Crippen LogP contribution in [0.1, 0.15) is 20.7 Å². The van der Waals surface area contributed by atoms with E-state index in [0.717, 1.165) is 0 Å². The highest BCUT2D eigenvalue weighted by atomic mass is 32.1. The standard InChI is InChI=1S/C22H18N4O2S2/c27-19(15-7-3-1-4-8-15)25-21(29)23-17-11-13-18(14-12-17)24-22(30)26-20(28)16-9-5-2-6-10-16/h1-14H,(H2,23,25,27,29)(H2,24,26,28,30). The van der Waals surface area contributed by atoms with Gasteiger partial charge in [-0.2, -0.15) is 0 Å². The molecule has 0 spiro atoms. The summed E-state index contributed by atoms with van der Waals surface area (Å²) in [6.07, 6.45) is 0. The van der Waals surface area contributed by atoms with E-state index in [2.05, 4.69) is 21.3 Å². The van der Waals surface area contributed by atoms with Crippen molar-refractivity contribution in [2.75, 3.05) is 10.6 Å². The minimum atomic E-state index is -0.286. The molecule has 0 heterocycles. The first-order valence-electron chi connectivity index (χ1n) is 8.96. The predicted molar refractivity (Wildman–Crippen MR) is 127 cm³/mol. The molecule has 8 heteroatoms. The third-order valence-electron chi connectivity index (χ3n) is 3.93. The lowest BCUT2D eigenvalue weighted by atomic mass is 10.2. The molecule has 0 bridgehead atoms. The van der Waals surface area contributed by atoms with E-state index in [1.165, 1.54) is 0 Å². The van der Waals surface area contributed by atoms with E-state index in [0.29, 0.717) is 22.5 Å². The van der Waals surface area contributed by atoms with Crippen LogP contribution in [-0.4, -0.2) is 22.0 Å². The van der Waals surface area contributed by atoms with E-state index >= 15 is 0 Å². The number of benzene rings is 3. The highest BCUT2D eigenvalue weighted by Gasteiger charge is 2.09. The summed E-state index contributed by atoms with van der Waals surface area (Å²) in [5.74, 6) is -0.572. The molecule has 3 aromatic rings. The van der Waals surface area contributed by atoms with Gasteiger partial charge in [0.15, 0.2) is 10.2 Å². The van der Waals surface area contributed by atoms with Gasteiger partial charge in [-0.05, 0) is 73.0 Å². The van der Waals surface area contributed by atoms with E-state index in [4.69, 9.17) is 24.4 Å². The quantitative estimate of drug-likeness (QED) is 0.466. The molecule has 0 atom stereocenters. The molecule has 2 amide bonds. The largest absolute Gasteiger partial charge is 0.332 e. The Morgan fingerprint density at radius 3 is 1.20 bits per heavy atom. The number of hydrogen-bond donors (Lipinski definition) is 4. The number of hydrogen-bond acceptors (Lipinski definition) is 4. The van der Waals surface area contributed by atoms with Gasteiger partial charge in [0.25, 0.3) is 11.8 Å². The zero-order valence-electron chi connectivity index (χ0n) is 15.7. The van der Waals surface area contributed by atoms with Crippen molar-refractivity contribution in [1.29, 1.82) is 0 Å². The van der Waals surface area contributed by atoms with Gasteiger partial charge in [-0.1, -0.05) is 36.4 Å². The average Bonchev–Trinajstić information content (AvgIpc) is 2.76. The van der Waals surface area contributed by atoms with Crippen LogP contribution in [0.4, 0.5) is 11.4 Å². The van der Waals surface area contributed by atoms with Crippen molar-refractivity contribution in [3.05, 3.63) is 96.1 Å². The molecule has 0 aromatic heterocycles. The van der Waals surface area contributed by atoms with Gasteiger partial charge < -0.3 is 10.6 Å². The summed E-state index contributed by atoms with van der Waals surface area (Å²) in [6, 6.07) is 24.7. The van der Waals surface area contributed by atoms with Gasteiger partial charge in [0, 0.05) is 22.5 Å². The molecule has 3 rings (SSSR count). The normalized spacial score (nSPS) is 9.87. The summed E-state index contributed by atoms with van der Waals surface area (Å²) in [6.45, 7) is 0. The maximum absolute atomic E-state index is 12.1. The second kappa shape index (κ2) is 10.2. The molecule has 0 unspecified atom stereocenters. The molecule has 4 N–H and O–H groups in total. The van der Waals surface area contributed by atoms with Crippen LogP contribution in [-0.2, 0) is 0 Å². The number of anilines is 2. The van der Waals surface area contributed by atoms with Crippen LogP contribution < -0.4 is 21.3 Å². The predicted octanol–water partition coefficient (Wildman–Crippen LogP) is 3.94. The summed E-state index contributed by atoms with van der Waals surface area (Å²) in [4.78, 5) is 24.2. The average molecular weight is 435 g/mol. The van der Waals surface area contributed by atoms with E-state index in [1.807, 2.05) is 12.1 Å². The minimum absolute atomic E-state index is 0.190. The van der Waals surface area contributed by atoms with E-state index in [-0.39, 0.29) is 22.0 Å². The summed E-state index contributed by atoms with van der Waals surface area (Å²) >= 11 is 10.4. The zero-order valence-corrected chi connectivity index (χ0v) is 17.3. The molecular weight excluding hydrogens is 416 g/mol. The van der Waals surface area contributed by atoms with Gasteiger partial charge in [0.05, 0.1) is 0 Å². The fraction of sp³-hybridized carbons (Fsp3) is 0. The van der Waals surface area contributed by atoms with Crippen LogP contribution in [0.3, 0.4) is 0 Å². The van der Waals surface area contributed by atoms with Gasteiger partial charge in [-0.15, -0.1) is 0 Å². The zero-order chi connectivity index (χ0) is 21.3. The number of amides is 2. The smallest absolute Gasteiger partial charge is 0.257 e. The van der Waals surface area contributed by atoms with Crippen LogP contribution in [0, 0.1) is 0 Å². The Kier molecular flexibility index (Phi) is 7.20. The molecule has 0 aliphatic carbocycles. The Morgan fingerprint density at radius 2 is 0.867 bits per heavy atom. The van der Waals surface area contributed by atoms with Gasteiger partial charge in [-0.25, -0.2) is 0 Å². The molecule has 0 aliphatic heterocycles. The van der Waals surface area contributed by atoms with Crippen LogP contribution in [0.5, 0.6) is 0 Å². The van der Waals surface area contributed by atoms with Crippen LogP contribution >= 0.6 is 24.4 Å². The van der Waals surface area contributed by atoms with Crippen LogP contribution in [0.2, 0.25) is 0 Å². The summed E-state index contributed by atoms with van der Waals surface area (Å²) in [7, 11) is 0. The lowest BCUT2D eigenvalue weighted by molar-refractivity contribution is 0.0969. The number of rotatable bonds is 4. The Hall–Kier alpha value is -3.62. The number of thiocarbonyl (C=S) groups is 2. The lowest BCUT2D eigenvalue weighted by Crippen LogP contribution is -2.34. The van der Waals surface area contributed by atoms with Gasteiger partial charge in [0.1, 0.15) is 0 Å². The fourth-order valence-electron chi connectivity index (χ4n) is 2.49. The molecule has 0 saturated carbocycles. The third-order valence-corrected chi connectivity index (χ3v) is 4.33. The van der Waals surface area contributed by atoms with Crippen molar-refractivity contribution < 1.29 is 9.59 Å². The van der Waals surface area contributed by atoms with Gasteiger partial charge in [0.2, 0.25) is 0 Å². The minimum Gasteiger partial charge on any atom is -0.332 e. The Balaban J connectivity index is 1.49. The van der Waals surface area contributed by atoms with Crippen LogP contribution in [0.25, 0.3) is 0 Å². The lowest BCUT2D eigenvalue weighted by Gasteiger charge is -2.12. The van der Waals surface area contributed by atoms with Gasteiger partial charge in [-0.3, -0.25) is 20.2 Å². The highest BCUT2D eigenvalue weighted by molar-refractivity contribution is 7.80. The van der Waals surface area contributed by atoms with Crippen LogP contribution in [0.15, 0.2) is 84.9 Å². The van der Waals surface area contributed by atoms with Crippen molar-refractivity contribution in [3.63, 3.8) is 0 Å². The van der Waals surface area contributed by atoms with Crippen molar-refractivity contribution in [2.45, 2.75) is 0 Å². The molecule has 0 aliphatic rings. The highest BCUT2D eigenvalue weighted by Crippen LogP contribution is 2.13. The second-order valence-electron chi connectivity index (χ2n) is 6.13. The molecule has 30 heavy (non-hydrogen) atoms. The first-order chi connectivity index (χ1) is 14.5. The van der Waals surface area contributed by atoms with Crippen molar-refractivity contribution >= 4 is 57.8 Å². The fourth-order valence-corrected chi connectivity index (χ4v) is 2.91. The maximum atomic E-state index is 12.1. The van der Waals surface area contributed by atoms with E-state index < -0.39 is 0 Å². The molecule has 6 nitrogen and oxygen atoms in total. The molecular formula is C22H18N4O2S2. The van der Waals surface area contributed by atoms with Crippen molar-refractivity contribution in [2.24, 2.45) is 0 Å². The summed E-state index contributed by atoms with van der Waals surface area (Å²) in [5.41, 5.74) is 2.43. The van der Waals surface area contributed by atoms with E-state index in [9.17, 15) is 9.59 Å². The Labute approximate surface area is 184 Å². The number of nitrogens with one attached hydrogen (secondary N) is 4. The summed E-state index contributed by atoms with van der Waals surface area (Å²) < 4.78 is 0. The monoisotopic (exact) mass is 434 g/mol. The van der Waals surface area contributed by atoms with Gasteiger partial charge >= 0.3 is 0 Å². The van der Waals surface area contributed by atoms with E-state index in [1.54, 1.807) is 72.8 Å². The SMILES string of the molecule is O=C(NC(=S)Nc1ccc(NC(=S)NC(=O)c2ccccc2)cc1)c1ccccc1. The first-order valence-corrected chi connectivity index (χ1v) is 9.78. The molecule has 0 radical (unpaired) electrons. The Bertz CT molecular complexity index is 969. The summed E-state index contributed by atoms with van der Waals surface area (Å²) in [5, 5.41) is 11.5. The molecule has 3 aromatic carbocycles. The molecule has 0 fully saturated rings. The Morgan fingerprint density at radius 1 is 0.533 bits per heavy atom. The second-order valence-corrected chi connectivity index (χ2v) is 6.94. The first kappa shape index (κ1) is 21.1.